The smallest absolute Gasteiger partial charge is 0.407 e. The lowest BCUT2D eigenvalue weighted by atomic mass is 10.1. The summed E-state index contributed by atoms with van der Waals surface area (Å²) in [7, 11) is 1.28. The number of amides is 2. The van der Waals surface area contributed by atoms with Crippen molar-refractivity contribution in [3.8, 4) is 0 Å². The Labute approximate surface area is 193 Å². The molecule has 0 aromatic heterocycles. The van der Waals surface area contributed by atoms with Gasteiger partial charge in [0.25, 0.3) is 0 Å². The molecule has 2 aromatic carbocycles. The van der Waals surface area contributed by atoms with Gasteiger partial charge in [0.1, 0.15) is 12.6 Å². The summed E-state index contributed by atoms with van der Waals surface area (Å²) in [4.78, 5) is 36.0. The number of ether oxygens (including phenoxy) is 2. The van der Waals surface area contributed by atoms with E-state index < -0.39 is 18.1 Å². The first-order valence-corrected chi connectivity index (χ1v) is 10.9. The molecule has 32 heavy (non-hydrogen) atoms. The van der Waals surface area contributed by atoms with Crippen LogP contribution < -0.4 is 10.6 Å². The number of rotatable bonds is 12. The van der Waals surface area contributed by atoms with Gasteiger partial charge in [0.05, 0.1) is 7.11 Å². The van der Waals surface area contributed by atoms with Gasteiger partial charge in [0, 0.05) is 24.4 Å². The fraction of sp³-hybridized carbons (Fsp3) is 0.375. The molecular weight excluding hydrogens is 432 g/mol. The highest BCUT2D eigenvalue weighted by Gasteiger charge is 2.22. The first-order chi connectivity index (χ1) is 15.5. The summed E-state index contributed by atoms with van der Waals surface area (Å²) in [5.74, 6) is -0.751. The quantitative estimate of drug-likeness (QED) is 0.368. The number of esters is 1. The third kappa shape index (κ3) is 9.39. The summed E-state index contributed by atoms with van der Waals surface area (Å²) in [6, 6.07) is 15.8. The predicted molar refractivity (Wildman–Crippen MR) is 122 cm³/mol. The highest BCUT2D eigenvalue weighted by Crippen LogP contribution is 2.17. The van der Waals surface area contributed by atoms with Gasteiger partial charge in [-0.3, -0.25) is 4.79 Å². The van der Waals surface area contributed by atoms with Gasteiger partial charge >= 0.3 is 12.1 Å². The minimum absolute atomic E-state index is 0.225. The van der Waals surface area contributed by atoms with Crippen LogP contribution in [0.5, 0.6) is 0 Å². The zero-order chi connectivity index (χ0) is 23.2. The summed E-state index contributed by atoms with van der Waals surface area (Å²) >= 11 is 6.15. The molecule has 2 amide bonds. The number of carbonyl (C=O) groups excluding carboxylic acids is 3. The standard InChI is InChI=1S/C24H29ClN2O5/c1-31-23(29)21(16-19-12-7-8-13-20(19)25)27-22(28)14-6-3-9-15-26-24(30)32-17-18-10-4-2-5-11-18/h2,4-5,7-8,10-13,21H,3,6,9,14-17H2,1H3,(H,26,30)(H,27,28)/t21-/m1/s1. The molecular formula is C24H29ClN2O5. The van der Waals surface area contributed by atoms with E-state index in [1.165, 1.54) is 7.11 Å². The third-order valence-corrected chi connectivity index (χ3v) is 5.13. The fourth-order valence-electron chi connectivity index (χ4n) is 3.04. The molecule has 8 heteroatoms. The van der Waals surface area contributed by atoms with E-state index in [2.05, 4.69) is 10.6 Å². The Balaban J connectivity index is 1.62. The molecule has 0 fully saturated rings. The number of alkyl carbamates (subject to hydrolysis) is 1. The molecule has 0 saturated heterocycles. The van der Waals surface area contributed by atoms with E-state index in [1.807, 2.05) is 42.5 Å². The molecule has 0 bridgehead atoms. The number of hydrogen-bond donors (Lipinski definition) is 2. The monoisotopic (exact) mass is 460 g/mol. The van der Waals surface area contributed by atoms with Crippen LogP contribution in [0.3, 0.4) is 0 Å². The second kappa shape index (κ2) is 14.1. The number of hydrogen-bond acceptors (Lipinski definition) is 5. The second-order valence-corrected chi connectivity index (χ2v) is 7.65. The van der Waals surface area contributed by atoms with Gasteiger partial charge in [-0.15, -0.1) is 0 Å². The fourth-order valence-corrected chi connectivity index (χ4v) is 3.25. The van der Waals surface area contributed by atoms with E-state index in [0.29, 0.717) is 24.4 Å². The molecule has 0 unspecified atom stereocenters. The number of methoxy groups -OCH3 is 1. The lowest BCUT2D eigenvalue weighted by Gasteiger charge is -2.17. The van der Waals surface area contributed by atoms with E-state index in [4.69, 9.17) is 21.1 Å². The summed E-state index contributed by atoms with van der Waals surface area (Å²) in [5, 5.41) is 5.95. The molecule has 0 aliphatic rings. The molecule has 0 aliphatic carbocycles. The van der Waals surface area contributed by atoms with Crippen molar-refractivity contribution in [3.63, 3.8) is 0 Å². The van der Waals surface area contributed by atoms with Crippen molar-refractivity contribution in [2.24, 2.45) is 0 Å². The van der Waals surface area contributed by atoms with Crippen LogP contribution in [-0.2, 0) is 32.1 Å². The SMILES string of the molecule is COC(=O)[C@@H](Cc1ccccc1Cl)NC(=O)CCCCCNC(=O)OCc1ccccc1. The first kappa shape index (κ1) is 25.2. The number of unbranched alkanes of at least 4 members (excludes halogenated alkanes) is 2. The maximum Gasteiger partial charge on any atom is 0.407 e. The van der Waals surface area contributed by atoms with Gasteiger partial charge in [0.2, 0.25) is 5.91 Å². The van der Waals surface area contributed by atoms with Gasteiger partial charge in [-0.25, -0.2) is 9.59 Å². The Hall–Kier alpha value is -3.06. The molecule has 0 aliphatic heterocycles. The van der Waals surface area contributed by atoms with Crippen molar-refractivity contribution in [3.05, 3.63) is 70.7 Å². The summed E-state index contributed by atoms with van der Waals surface area (Å²) in [5.41, 5.74) is 1.68. The number of benzene rings is 2. The molecule has 0 heterocycles. The summed E-state index contributed by atoms with van der Waals surface area (Å²) < 4.78 is 9.94. The highest BCUT2D eigenvalue weighted by atomic mass is 35.5. The van der Waals surface area contributed by atoms with Gasteiger partial charge in [-0.1, -0.05) is 66.6 Å². The lowest BCUT2D eigenvalue weighted by Crippen LogP contribution is -2.43. The van der Waals surface area contributed by atoms with Crippen LogP contribution >= 0.6 is 11.6 Å². The van der Waals surface area contributed by atoms with Gasteiger partial charge in [0.15, 0.2) is 0 Å². The van der Waals surface area contributed by atoms with Gasteiger partial charge in [-0.05, 0) is 30.0 Å². The zero-order valence-electron chi connectivity index (χ0n) is 18.1. The average molecular weight is 461 g/mol. The number of nitrogens with one attached hydrogen (secondary N) is 2. The predicted octanol–water partition coefficient (Wildman–Crippen LogP) is 4.03. The van der Waals surface area contributed by atoms with Gasteiger partial charge < -0.3 is 20.1 Å². The number of halogens is 1. The summed E-state index contributed by atoms with van der Waals surface area (Å²) in [6.07, 6.45) is 2.16. The van der Waals surface area contributed by atoms with Crippen LogP contribution in [-0.4, -0.2) is 37.7 Å². The van der Waals surface area contributed by atoms with Crippen molar-refractivity contribution in [2.45, 2.75) is 44.8 Å². The minimum atomic E-state index is -0.798. The highest BCUT2D eigenvalue weighted by molar-refractivity contribution is 6.31. The lowest BCUT2D eigenvalue weighted by molar-refractivity contribution is -0.145. The minimum Gasteiger partial charge on any atom is -0.467 e. The zero-order valence-corrected chi connectivity index (χ0v) is 18.9. The molecule has 1 atom stereocenters. The largest absolute Gasteiger partial charge is 0.467 e. The Kier molecular flexibility index (Phi) is 11.1. The van der Waals surface area contributed by atoms with Crippen molar-refractivity contribution < 1.29 is 23.9 Å². The summed E-state index contributed by atoms with van der Waals surface area (Å²) in [6.45, 7) is 0.689. The first-order valence-electron chi connectivity index (χ1n) is 10.5. The van der Waals surface area contributed by atoms with E-state index in [0.717, 1.165) is 17.5 Å². The van der Waals surface area contributed by atoms with Crippen molar-refractivity contribution in [2.75, 3.05) is 13.7 Å². The molecule has 0 radical (unpaired) electrons. The van der Waals surface area contributed by atoms with E-state index in [9.17, 15) is 14.4 Å². The molecule has 7 nitrogen and oxygen atoms in total. The van der Waals surface area contributed by atoms with Gasteiger partial charge in [-0.2, -0.15) is 0 Å². The second-order valence-electron chi connectivity index (χ2n) is 7.24. The van der Waals surface area contributed by atoms with Crippen LogP contribution in [0.25, 0.3) is 0 Å². The number of carbonyl (C=O) groups is 3. The Morgan fingerprint density at radius 1 is 0.969 bits per heavy atom. The Morgan fingerprint density at radius 2 is 1.69 bits per heavy atom. The molecule has 2 N–H and O–H groups in total. The normalized spacial score (nSPS) is 11.3. The molecule has 0 saturated carbocycles. The topological polar surface area (TPSA) is 93.7 Å². The average Bonchev–Trinajstić information content (AvgIpc) is 2.81. The van der Waals surface area contributed by atoms with Crippen LogP contribution in [0.1, 0.15) is 36.8 Å². The van der Waals surface area contributed by atoms with E-state index >= 15 is 0 Å². The van der Waals surface area contributed by atoms with Crippen LogP contribution in [0, 0.1) is 0 Å². The molecule has 2 rings (SSSR count). The van der Waals surface area contributed by atoms with Crippen LogP contribution in [0.4, 0.5) is 4.79 Å². The van der Waals surface area contributed by atoms with Crippen LogP contribution in [0.15, 0.2) is 54.6 Å². The van der Waals surface area contributed by atoms with Crippen molar-refractivity contribution in [1.29, 1.82) is 0 Å². The molecule has 172 valence electrons. The maximum absolute atomic E-state index is 12.3. The van der Waals surface area contributed by atoms with Crippen LogP contribution in [0.2, 0.25) is 5.02 Å². The maximum atomic E-state index is 12.3. The van der Waals surface area contributed by atoms with E-state index in [1.54, 1.807) is 12.1 Å². The van der Waals surface area contributed by atoms with Crippen molar-refractivity contribution >= 4 is 29.6 Å². The molecule has 2 aromatic rings. The third-order valence-electron chi connectivity index (χ3n) is 4.77. The Morgan fingerprint density at radius 3 is 2.41 bits per heavy atom. The van der Waals surface area contributed by atoms with E-state index in [-0.39, 0.29) is 25.4 Å². The Bertz CT molecular complexity index is 876. The van der Waals surface area contributed by atoms with Crippen molar-refractivity contribution in [1.82, 2.24) is 10.6 Å². The molecule has 0 spiro atoms.